The Bertz CT molecular complexity index is 1620. The summed E-state index contributed by atoms with van der Waals surface area (Å²) in [5.41, 5.74) is 6.05. The molecule has 1 aliphatic carbocycles. The number of anilines is 1. The number of ether oxygens (including phenoxy) is 4. The first kappa shape index (κ1) is 29.8. The van der Waals surface area contributed by atoms with E-state index in [0.717, 1.165) is 28.1 Å². The van der Waals surface area contributed by atoms with Crippen molar-refractivity contribution in [2.45, 2.75) is 45.4 Å². The molecule has 3 aromatic rings. The van der Waals surface area contributed by atoms with Crippen LogP contribution in [0.15, 0.2) is 83.2 Å². The number of carbonyl (C=O) groups excluding carboxylic acids is 2. The topological polar surface area (TPSA) is 95.1 Å². The SMILES string of the molecule is CCOc1ccc([C@H]2C(C(=O)Nc3ccccc3C)=C(C)NC3=C2C(=O)C[C@@H](c2ccc(OC)c(OC)c2)C3)cc1OC. The molecule has 0 spiro atoms. The standard InChI is InChI=1S/C35H38N2O6/c1-7-43-29-15-13-23(19-31(29)42-6)33-32(35(39)37-25-11-9-8-10-20(25)2)21(3)36-26-16-24(17-27(38)34(26)33)22-12-14-28(40-4)30(18-22)41-5/h8-15,18-19,24,33,36H,7,16-17H2,1-6H3,(H,37,39)/t24-,33-/m0/s1. The largest absolute Gasteiger partial charge is 0.493 e. The first-order valence-electron chi connectivity index (χ1n) is 14.4. The minimum Gasteiger partial charge on any atom is -0.493 e. The average molecular weight is 583 g/mol. The van der Waals surface area contributed by atoms with Gasteiger partial charge >= 0.3 is 0 Å². The number of benzene rings is 3. The zero-order chi connectivity index (χ0) is 30.7. The summed E-state index contributed by atoms with van der Waals surface area (Å²) in [7, 11) is 4.79. The molecule has 43 heavy (non-hydrogen) atoms. The Labute approximate surface area is 252 Å². The quantitative estimate of drug-likeness (QED) is 0.301. The van der Waals surface area contributed by atoms with Crippen LogP contribution in [0.5, 0.6) is 23.0 Å². The van der Waals surface area contributed by atoms with Gasteiger partial charge in [0, 0.05) is 40.6 Å². The van der Waals surface area contributed by atoms with Gasteiger partial charge in [-0.3, -0.25) is 9.59 Å². The van der Waals surface area contributed by atoms with E-state index in [9.17, 15) is 9.59 Å². The predicted molar refractivity (Wildman–Crippen MR) is 166 cm³/mol. The number of allylic oxidation sites excluding steroid dienone is 3. The zero-order valence-corrected chi connectivity index (χ0v) is 25.5. The van der Waals surface area contributed by atoms with Crippen LogP contribution in [-0.4, -0.2) is 39.6 Å². The summed E-state index contributed by atoms with van der Waals surface area (Å²) in [6, 6.07) is 19.0. The number of aryl methyl sites for hydroxylation is 1. The molecule has 5 rings (SSSR count). The molecule has 0 bridgehead atoms. The van der Waals surface area contributed by atoms with Crippen LogP contribution >= 0.6 is 0 Å². The molecular formula is C35H38N2O6. The molecule has 2 N–H and O–H groups in total. The van der Waals surface area contributed by atoms with Crippen LogP contribution in [0.1, 0.15) is 55.2 Å². The van der Waals surface area contributed by atoms with Crippen LogP contribution in [0.2, 0.25) is 0 Å². The Kier molecular flexibility index (Phi) is 8.76. The van der Waals surface area contributed by atoms with Crippen molar-refractivity contribution < 1.29 is 28.5 Å². The van der Waals surface area contributed by atoms with Crippen LogP contribution in [0.3, 0.4) is 0 Å². The molecule has 224 valence electrons. The number of rotatable bonds is 9. The van der Waals surface area contributed by atoms with Crippen LogP contribution in [0.4, 0.5) is 5.69 Å². The van der Waals surface area contributed by atoms with Gasteiger partial charge < -0.3 is 29.6 Å². The summed E-state index contributed by atoms with van der Waals surface area (Å²) in [6.45, 7) is 6.23. The van der Waals surface area contributed by atoms with Gasteiger partial charge in [-0.2, -0.15) is 0 Å². The van der Waals surface area contributed by atoms with Crippen molar-refractivity contribution in [1.82, 2.24) is 5.32 Å². The first-order valence-corrected chi connectivity index (χ1v) is 14.4. The fourth-order valence-electron chi connectivity index (χ4n) is 6.06. The molecule has 0 saturated carbocycles. The summed E-state index contributed by atoms with van der Waals surface area (Å²) in [5.74, 6) is 1.47. The molecular weight excluding hydrogens is 544 g/mol. The smallest absolute Gasteiger partial charge is 0.254 e. The van der Waals surface area contributed by atoms with Gasteiger partial charge in [0.25, 0.3) is 5.91 Å². The number of Topliss-reactive ketones (excluding diaryl/α,β-unsaturated/α-hetero) is 1. The molecule has 0 aromatic heterocycles. The van der Waals surface area contributed by atoms with Gasteiger partial charge in [0.2, 0.25) is 0 Å². The van der Waals surface area contributed by atoms with Crippen LogP contribution < -0.4 is 29.6 Å². The van der Waals surface area contributed by atoms with Crippen molar-refractivity contribution >= 4 is 17.4 Å². The fraction of sp³-hybridized carbons (Fsp3) is 0.314. The second-order valence-corrected chi connectivity index (χ2v) is 10.7. The Hall–Kier alpha value is -4.72. The van der Waals surface area contributed by atoms with E-state index in [0.29, 0.717) is 59.3 Å². The Balaban J connectivity index is 1.59. The second-order valence-electron chi connectivity index (χ2n) is 10.7. The van der Waals surface area contributed by atoms with Crippen LogP contribution in [0, 0.1) is 6.92 Å². The van der Waals surface area contributed by atoms with Crippen molar-refractivity contribution in [2.75, 3.05) is 33.3 Å². The number of nitrogens with one attached hydrogen (secondary N) is 2. The highest BCUT2D eigenvalue weighted by Crippen LogP contribution is 2.47. The molecule has 0 saturated heterocycles. The Morgan fingerprint density at radius 1 is 0.860 bits per heavy atom. The van der Waals surface area contributed by atoms with Crippen LogP contribution in [0.25, 0.3) is 0 Å². The molecule has 8 nitrogen and oxygen atoms in total. The maximum atomic E-state index is 14.1. The maximum absolute atomic E-state index is 14.1. The van der Waals surface area contributed by atoms with E-state index in [1.165, 1.54) is 0 Å². The highest BCUT2D eigenvalue weighted by atomic mass is 16.5. The van der Waals surface area contributed by atoms with E-state index >= 15 is 0 Å². The highest BCUT2D eigenvalue weighted by molar-refractivity contribution is 6.10. The molecule has 0 fully saturated rings. The number of dihydropyridines is 1. The molecule has 1 aliphatic heterocycles. The van der Waals surface area contributed by atoms with Gasteiger partial charge in [-0.15, -0.1) is 0 Å². The lowest BCUT2D eigenvalue weighted by Gasteiger charge is -2.37. The lowest BCUT2D eigenvalue weighted by atomic mass is 9.71. The zero-order valence-electron chi connectivity index (χ0n) is 25.5. The monoisotopic (exact) mass is 582 g/mol. The normalized spacial score (nSPS) is 18.0. The molecule has 0 radical (unpaired) electrons. The van der Waals surface area contributed by atoms with Gasteiger partial charge in [-0.05, 0) is 80.1 Å². The van der Waals surface area contributed by atoms with E-state index in [1.807, 2.05) is 81.4 Å². The third-order valence-corrected chi connectivity index (χ3v) is 8.17. The second kappa shape index (κ2) is 12.7. The number of hydrogen-bond donors (Lipinski definition) is 2. The van der Waals surface area contributed by atoms with E-state index in [-0.39, 0.29) is 17.6 Å². The van der Waals surface area contributed by atoms with E-state index < -0.39 is 5.92 Å². The van der Waals surface area contributed by atoms with Gasteiger partial charge in [-0.1, -0.05) is 30.3 Å². The average Bonchev–Trinajstić information content (AvgIpc) is 3.01. The summed E-state index contributed by atoms with van der Waals surface area (Å²) in [4.78, 5) is 28.1. The van der Waals surface area contributed by atoms with E-state index in [2.05, 4.69) is 10.6 Å². The molecule has 1 amide bonds. The highest BCUT2D eigenvalue weighted by Gasteiger charge is 2.41. The van der Waals surface area contributed by atoms with Gasteiger partial charge in [0.15, 0.2) is 28.8 Å². The van der Waals surface area contributed by atoms with Crippen molar-refractivity contribution in [3.63, 3.8) is 0 Å². The molecule has 2 atom stereocenters. The summed E-state index contributed by atoms with van der Waals surface area (Å²) in [6.07, 6.45) is 0.900. The van der Waals surface area contributed by atoms with Crippen molar-refractivity contribution in [3.8, 4) is 23.0 Å². The molecule has 2 aliphatic rings. The lowest BCUT2D eigenvalue weighted by Crippen LogP contribution is -2.37. The first-order chi connectivity index (χ1) is 20.8. The molecule has 1 heterocycles. The Morgan fingerprint density at radius 3 is 2.21 bits per heavy atom. The minimum atomic E-state index is -0.594. The Morgan fingerprint density at radius 2 is 1.51 bits per heavy atom. The number of hydrogen-bond acceptors (Lipinski definition) is 7. The van der Waals surface area contributed by atoms with Crippen molar-refractivity contribution in [1.29, 1.82) is 0 Å². The van der Waals surface area contributed by atoms with Gasteiger partial charge in [0.05, 0.1) is 27.9 Å². The fourth-order valence-corrected chi connectivity index (χ4v) is 6.06. The number of methoxy groups -OCH3 is 3. The minimum absolute atomic E-state index is 0.0138. The molecule has 0 unspecified atom stereocenters. The molecule has 8 heteroatoms. The van der Waals surface area contributed by atoms with Crippen LogP contribution in [-0.2, 0) is 9.59 Å². The summed E-state index contributed by atoms with van der Waals surface area (Å²) < 4.78 is 22.4. The maximum Gasteiger partial charge on any atom is 0.254 e. The van der Waals surface area contributed by atoms with Gasteiger partial charge in [0.1, 0.15) is 0 Å². The summed E-state index contributed by atoms with van der Waals surface area (Å²) in [5, 5.41) is 6.54. The third-order valence-electron chi connectivity index (χ3n) is 8.17. The number of amides is 1. The summed E-state index contributed by atoms with van der Waals surface area (Å²) >= 11 is 0. The predicted octanol–water partition coefficient (Wildman–Crippen LogP) is 6.42. The van der Waals surface area contributed by atoms with E-state index in [4.69, 9.17) is 18.9 Å². The molecule has 3 aromatic carbocycles. The number of carbonyl (C=O) groups is 2. The van der Waals surface area contributed by atoms with Crippen molar-refractivity contribution in [2.24, 2.45) is 0 Å². The van der Waals surface area contributed by atoms with E-state index in [1.54, 1.807) is 21.3 Å². The number of ketones is 1. The third kappa shape index (κ3) is 5.82. The van der Waals surface area contributed by atoms with Crippen molar-refractivity contribution in [3.05, 3.63) is 99.9 Å². The lowest BCUT2D eigenvalue weighted by molar-refractivity contribution is -0.116. The van der Waals surface area contributed by atoms with Gasteiger partial charge in [-0.25, -0.2) is 0 Å². The number of para-hydroxylation sites is 1.